The van der Waals surface area contributed by atoms with E-state index in [1.807, 2.05) is 24.3 Å². The summed E-state index contributed by atoms with van der Waals surface area (Å²) in [5.74, 6) is -0.323. The molecule has 1 aromatic carbocycles. The van der Waals surface area contributed by atoms with Gasteiger partial charge in [0, 0.05) is 5.69 Å². The summed E-state index contributed by atoms with van der Waals surface area (Å²) in [7, 11) is 1.38. The van der Waals surface area contributed by atoms with Crippen LogP contribution >= 0.6 is 0 Å². The predicted octanol–water partition coefficient (Wildman–Crippen LogP) is 2.59. The van der Waals surface area contributed by atoms with Gasteiger partial charge in [0.05, 0.1) is 7.11 Å². The Bertz CT molecular complexity index is 488. The van der Waals surface area contributed by atoms with E-state index in [0.717, 1.165) is 18.5 Å². The molecule has 2 aromatic rings. The van der Waals surface area contributed by atoms with Crippen LogP contribution in [0.1, 0.15) is 21.7 Å². The predicted molar refractivity (Wildman–Crippen MR) is 66.0 cm³/mol. The first-order chi connectivity index (χ1) is 8.29. The van der Waals surface area contributed by atoms with E-state index in [1.54, 1.807) is 6.07 Å². The molecule has 0 amide bonds. The van der Waals surface area contributed by atoms with Gasteiger partial charge < -0.3 is 9.72 Å². The number of aromatic nitrogens is 1. The highest BCUT2D eigenvalue weighted by molar-refractivity contribution is 5.87. The molecule has 1 aromatic heterocycles. The molecule has 0 bridgehead atoms. The number of ether oxygens (including phenoxy) is 1. The Morgan fingerprint density at radius 2 is 1.88 bits per heavy atom. The molecule has 0 unspecified atom stereocenters. The van der Waals surface area contributed by atoms with Crippen LogP contribution in [0.25, 0.3) is 0 Å². The van der Waals surface area contributed by atoms with Gasteiger partial charge in [-0.1, -0.05) is 30.3 Å². The van der Waals surface area contributed by atoms with Crippen molar-refractivity contribution in [2.24, 2.45) is 0 Å². The number of methoxy groups -OCH3 is 1. The maximum Gasteiger partial charge on any atom is 0.354 e. The van der Waals surface area contributed by atoms with Gasteiger partial charge >= 0.3 is 5.97 Å². The molecule has 0 saturated carbocycles. The molecule has 3 nitrogen and oxygen atoms in total. The van der Waals surface area contributed by atoms with E-state index in [4.69, 9.17) is 0 Å². The molecule has 0 spiro atoms. The monoisotopic (exact) mass is 229 g/mol. The molecule has 0 atom stereocenters. The minimum atomic E-state index is -0.323. The maximum atomic E-state index is 11.2. The van der Waals surface area contributed by atoms with Crippen LogP contribution in [0.15, 0.2) is 42.5 Å². The SMILES string of the molecule is COC(=O)c1ccc(CCc2ccccc2)[nH]1. The van der Waals surface area contributed by atoms with Gasteiger partial charge in [0.2, 0.25) is 0 Å². The second-order valence-corrected chi connectivity index (χ2v) is 3.87. The molecule has 3 heteroatoms. The Labute approximate surface area is 100 Å². The van der Waals surface area contributed by atoms with Crippen LogP contribution in [0.2, 0.25) is 0 Å². The third-order valence-electron chi connectivity index (χ3n) is 2.68. The zero-order valence-corrected chi connectivity index (χ0v) is 9.77. The van der Waals surface area contributed by atoms with Gasteiger partial charge in [0.25, 0.3) is 0 Å². The van der Waals surface area contributed by atoms with Gasteiger partial charge in [-0.2, -0.15) is 0 Å². The van der Waals surface area contributed by atoms with Crippen LogP contribution in [0.3, 0.4) is 0 Å². The molecule has 88 valence electrons. The van der Waals surface area contributed by atoms with Gasteiger partial charge in [0.15, 0.2) is 0 Å². The topological polar surface area (TPSA) is 42.1 Å². The van der Waals surface area contributed by atoms with Crippen molar-refractivity contribution in [2.45, 2.75) is 12.8 Å². The van der Waals surface area contributed by atoms with E-state index in [2.05, 4.69) is 21.9 Å². The Hall–Kier alpha value is -2.03. The second-order valence-electron chi connectivity index (χ2n) is 3.87. The van der Waals surface area contributed by atoms with Crippen molar-refractivity contribution in [3.63, 3.8) is 0 Å². The van der Waals surface area contributed by atoms with E-state index < -0.39 is 0 Å². The molecule has 0 saturated heterocycles. The van der Waals surface area contributed by atoms with E-state index in [-0.39, 0.29) is 5.97 Å². The average molecular weight is 229 g/mol. The molecule has 0 aliphatic rings. The lowest BCUT2D eigenvalue weighted by Gasteiger charge is -1.99. The third kappa shape index (κ3) is 2.97. The summed E-state index contributed by atoms with van der Waals surface area (Å²) in [6, 6.07) is 14.0. The first-order valence-electron chi connectivity index (χ1n) is 5.59. The van der Waals surface area contributed by atoms with E-state index in [1.165, 1.54) is 12.7 Å². The fourth-order valence-electron chi connectivity index (χ4n) is 1.74. The quantitative estimate of drug-likeness (QED) is 0.819. The molecule has 0 aliphatic heterocycles. The number of esters is 1. The minimum Gasteiger partial charge on any atom is -0.464 e. The lowest BCUT2D eigenvalue weighted by Crippen LogP contribution is -2.01. The number of aryl methyl sites for hydroxylation is 2. The average Bonchev–Trinajstić information content (AvgIpc) is 2.85. The minimum absolute atomic E-state index is 0.323. The van der Waals surface area contributed by atoms with Crippen LogP contribution in [0.4, 0.5) is 0 Å². The fraction of sp³-hybridized carbons (Fsp3) is 0.214. The molecular weight excluding hydrogens is 214 g/mol. The number of aromatic amines is 1. The van der Waals surface area contributed by atoms with Crippen molar-refractivity contribution in [1.82, 2.24) is 4.98 Å². The molecule has 0 fully saturated rings. The highest BCUT2D eigenvalue weighted by Gasteiger charge is 2.07. The van der Waals surface area contributed by atoms with Crippen molar-refractivity contribution in [3.05, 3.63) is 59.4 Å². The number of hydrogen-bond donors (Lipinski definition) is 1. The van der Waals surface area contributed by atoms with Crippen LogP contribution < -0.4 is 0 Å². The standard InChI is InChI=1S/C14H15NO2/c1-17-14(16)13-10-9-12(15-13)8-7-11-5-3-2-4-6-11/h2-6,9-10,15H,7-8H2,1H3. The van der Waals surface area contributed by atoms with Crippen molar-refractivity contribution in [3.8, 4) is 0 Å². The van der Waals surface area contributed by atoms with E-state index >= 15 is 0 Å². The molecule has 17 heavy (non-hydrogen) atoms. The van der Waals surface area contributed by atoms with E-state index in [0.29, 0.717) is 5.69 Å². The van der Waals surface area contributed by atoms with Crippen molar-refractivity contribution in [1.29, 1.82) is 0 Å². The van der Waals surface area contributed by atoms with Gasteiger partial charge in [0.1, 0.15) is 5.69 Å². The summed E-state index contributed by atoms with van der Waals surface area (Å²) >= 11 is 0. The number of nitrogens with one attached hydrogen (secondary N) is 1. The Kier molecular flexibility index (Phi) is 3.60. The zero-order valence-electron chi connectivity index (χ0n) is 9.77. The van der Waals surface area contributed by atoms with Gasteiger partial charge in [-0.3, -0.25) is 0 Å². The van der Waals surface area contributed by atoms with Crippen LogP contribution in [0.5, 0.6) is 0 Å². The molecular formula is C14H15NO2. The lowest BCUT2D eigenvalue weighted by atomic mass is 10.1. The Balaban J connectivity index is 1.96. The second kappa shape index (κ2) is 5.34. The van der Waals surface area contributed by atoms with Crippen LogP contribution in [-0.2, 0) is 17.6 Å². The van der Waals surface area contributed by atoms with Gasteiger partial charge in [-0.15, -0.1) is 0 Å². The largest absolute Gasteiger partial charge is 0.464 e. The molecule has 0 radical (unpaired) electrons. The third-order valence-corrected chi connectivity index (χ3v) is 2.68. The molecule has 2 rings (SSSR count). The van der Waals surface area contributed by atoms with Crippen molar-refractivity contribution >= 4 is 5.97 Å². The van der Waals surface area contributed by atoms with E-state index in [9.17, 15) is 4.79 Å². The first-order valence-corrected chi connectivity index (χ1v) is 5.59. The summed E-state index contributed by atoms with van der Waals surface area (Å²) in [5.41, 5.74) is 2.85. The van der Waals surface area contributed by atoms with Gasteiger partial charge in [-0.05, 0) is 30.5 Å². The number of H-pyrrole nitrogens is 1. The zero-order chi connectivity index (χ0) is 12.1. The number of carbonyl (C=O) groups excluding carboxylic acids is 1. The molecule has 1 N–H and O–H groups in total. The first kappa shape index (κ1) is 11.5. The van der Waals surface area contributed by atoms with Crippen molar-refractivity contribution in [2.75, 3.05) is 7.11 Å². The highest BCUT2D eigenvalue weighted by Crippen LogP contribution is 2.08. The van der Waals surface area contributed by atoms with Crippen molar-refractivity contribution < 1.29 is 9.53 Å². The van der Waals surface area contributed by atoms with Crippen LogP contribution in [0, 0.1) is 0 Å². The molecule has 1 heterocycles. The Morgan fingerprint density at radius 3 is 2.59 bits per heavy atom. The van der Waals surface area contributed by atoms with Crippen LogP contribution in [-0.4, -0.2) is 18.1 Å². The fourth-order valence-corrected chi connectivity index (χ4v) is 1.74. The number of rotatable bonds is 4. The Morgan fingerprint density at radius 1 is 1.12 bits per heavy atom. The summed E-state index contributed by atoms with van der Waals surface area (Å²) in [6.45, 7) is 0. The van der Waals surface area contributed by atoms with Gasteiger partial charge in [-0.25, -0.2) is 4.79 Å². The summed E-state index contributed by atoms with van der Waals surface area (Å²) in [6.07, 6.45) is 1.85. The summed E-state index contributed by atoms with van der Waals surface area (Å²) < 4.78 is 4.64. The maximum absolute atomic E-state index is 11.2. The number of carbonyl (C=O) groups is 1. The summed E-state index contributed by atoms with van der Waals surface area (Å²) in [4.78, 5) is 14.3. The summed E-state index contributed by atoms with van der Waals surface area (Å²) in [5, 5.41) is 0. The normalized spacial score (nSPS) is 10.2. The number of benzene rings is 1. The molecule has 0 aliphatic carbocycles. The lowest BCUT2D eigenvalue weighted by molar-refractivity contribution is 0.0594. The smallest absolute Gasteiger partial charge is 0.354 e. The highest BCUT2D eigenvalue weighted by atomic mass is 16.5. The number of hydrogen-bond acceptors (Lipinski definition) is 2.